The van der Waals surface area contributed by atoms with Crippen molar-refractivity contribution >= 4 is 34.1 Å². The Balaban J connectivity index is 2.47. The van der Waals surface area contributed by atoms with Crippen LogP contribution in [-0.2, 0) is 9.53 Å². The van der Waals surface area contributed by atoms with E-state index in [1.807, 2.05) is 20.8 Å². The molecule has 1 amide bonds. The summed E-state index contributed by atoms with van der Waals surface area (Å²) < 4.78 is 5.74. The minimum Gasteiger partial charge on any atom is -0.383 e. The van der Waals surface area contributed by atoms with Crippen molar-refractivity contribution in [2.24, 2.45) is 0 Å². The monoisotopic (exact) mass is 332 g/mol. The second-order valence-electron chi connectivity index (χ2n) is 5.28. The van der Waals surface area contributed by atoms with Crippen LogP contribution in [0.1, 0.15) is 34.1 Å². The van der Waals surface area contributed by atoms with Crippen molar-refractivity contribution in [1.82, 2.24) is 15.5 Å². The summed E-state index contributed by atoms with van der Waals surface area (Å²) in [6, 6.07) is 0. The van der Waals surface area contributed by atoms with E-state index in [9.17, 15) is 4.79 Å². The number of amides is 1. The van der Waals surface area contributed by atoms with E-state index in [0.29, 0.717) is 13.2 Å². The number of carbonyl (C=O) groups is 1. The van der Waals surface area contributed by atoms with Gasteiger partial charge in [0.25, 0.3) is 0 Å². The summed E-state index contributed by atoms with van der Waals surface area (Å²) in [5.41, 5.74) is -0.181. The molecule has 0 spiro atoms. The molecule has 1 unspecified atom stereocenters. The molecule has 1 heterocycles. The zero-order valence-electron chi connectivity index (χ0n) is 13.2. The molecule has 0 saturated heterocycles. The number of ether oxygens (including phenoxy) is 1. The van der Waals surface area contributed by atoms with Crippen LogP contribution in [0, 0.1) is 0 Å². The number of anilines is 1. The number of rotatable bonds is 9. The standard InChI is InChI=1S/C13H24N4O2S2/c1-6-13(3,4)15-10(18)9(2)20-12-17-16-11(21-12)14-7-8-19-5/h9H,6-8H2,1-5H3,(H,14,16)(H,15,18). The average molecular weight is 332 g/mol. The molecule has 0 aliphatic heterocycles. The fourth-order valence-electron chi connectivity index (χ4n) is 1.32. The summed E-state index contributed by atoms with van der Waals surface area (Å²) >= 11 is 2.87. The van der Waals surface area contributed by atoms with Crippen molar-refractivity contribution in [2.45, 2.75) is 49.2 Å². The van der Waals surface area contributed by atoms with Crippen molar-refractivity contribution in [2.75, 3.05) is 25.6 Å². The number of nitrogens with one attached hydrogen (secondary N) is 2. The Hall–Kier alpha value is -0.860. The summed E-state index contributed by atoms with van der Waals surface area (Å²) in [4.78, 5) is 12.1. The van der Waals surface area contributed by atoms with Gasteiger partial charge in [-0.3, -0.25) is 4.79 Å². The van der Waals surface area contributed by atoms with Crippen molar-refractivity contribution < 1.29 is 9.53 Å². The summed E-state index contributed by atoms with van der Waals surface area (Å²) in [6.45, 7) is 9.28. The highest BCUT2D eigenvalue weighted by atomic mass is 32.2. The predicted octanol–water partition coefficient (Wildman–Crippen LogP) is 2.38. The second-order valence-corrected chi connectivity index (χ2v) is 7.84. The van der Waals surface area contributed by atoms with Crippen LogP contribution >= 0.6 is 23.1 Å². The highest BCUT2D eigenvalue weighted by Crippen LogP contribution is 2.29. The first-order valence-corrected chi connectivity index (χ1v) is 8.62. The highest BCUT2D eigenvalue weighted by Gasteiger charge is 2.23. The Morgan fingerprint density at radius 2 is 2.19 bits per heavy atom. The second kappa shape index (κ2) is 8.55. The van der Waals surface area contributed by atoms with Crippen LogP contribution in [-0.4, -0.2) is 47.2 Å². The van der Waals surface area contributed by atoms with Gasteiger partial charge in [-0.05, 0) is 27.2 Å². The minimum absolute atomic E-state index is 0.0240. The van der Waals surface area contributed by atoms with E-state index in [1.165, 1.54) is 23.1 Å². The lowest BCUT2D eigenvalue weighted by Gasteiger charge is -2.26. The Morgan fingerprint density at radius 3 is 2.81 bits per heavy atom. The maximum absolute atomic E-state index is 12.1. The summed E-state index contributed by atoms with van der Waals surface area (Å²) in [5, 5.41) is 14.8. The van der Waals surface area contributed by atoms with E-state index >= 15 is 0 Å². The van der Waals surface area contributed by atoms with Crippen molar-refractivity contribution in [3.8, 4) is 0 Å². The topological polar surface area (TPSA) is 76.1 Å². The zero-order valence-corrected chi connectivity index (χ0v) is 14.9. The lowest BCUT2D eigenvalue weighted by molar-refractivity contribution is -0.121. The van der Waals surface area contributed by atoms with Gasteiger partial charge >= 0.3 is 0 Å². The molecule has 0 aromatic carbocycles. The number of thioether (sulfide) groups is 1. The molecule has 1 rings (SSSR count). The lowest BCUT2D eigenvalue weighted by atomic mass is 10.0. The van der Waals surface area contributed by atoms with Gasteiger partial charge in [0, 0.05) is 19.2 Å². The van der Waals surface area contributed by atoms with E-state index in [0.717, 1.165) is 15.9 Å². The molecule has 1 aromatic rings. The Labute approximate surface area is 134 Å². The first kappa shape index (κ1) is 18.2. The van der Waals surface area contributed by atoms with Gasteiger partial charge in [-0.25, -0.2) is 0 Å². The number of carbonyl (C=O) groups excluding carboxylic acids is 1. The van der Waals surface area contributed by atoms with Gasteiger partial charge < -0.3 is 15.4 Å². The molecule has 120 valence electrons. The maximum atomic E-state index is 12.1. The third kappa shape index (κ3) is 6.62. The molecule has 8 heteroatoms. The van der Waals surface area contributed by atoms with Crippen LogP contribution in [0.5, 0.6) is 0 Å². The molecule has 21 heavy (non-hydrogen) atoms. The third-order valence-electron chi connectivity index (χ3n) is 2.98. The molecule has 0 saturated carbocycles. The van der Waals surface area contributed by atoms with Gasteiger partial charge in [-0.1, -0.05) is 30.0 Å². The molecular formula is C13H24N4O2S2. The third-order valence-corrected chi connectivity index (χ3v) is 5.05. The Bertz CT molecular complexity index is 451. The zero-order chi connectivity index (χ0) is 15.9. The normalized spacial score (nSPS) is 13.0. The van der Waals surface area contributed by atoms with E-state index in [1.54, 1.807) is 7.11 Å². The first-order valence-electron chi connectivity index (χ1n) is 6.93. The van der Waals surface area contributed by atoms with Crippen LogP contribution in [0.2, 0.25) is 0 Å². The molecule has 0 fully saturated rings. The SMILES string of the molecule is CCC(C)(C)NC(=O)C(C)Sc1nnc(NCCOC)s1. The largest absolute Gasteiger partial charge is 0.383 e. The fourth-order valence-corrected chi connectivity index (χ4v) is 3.24. The first-order chi connectivity index (χ1) is 9.88. The van der Waals surface area contributed by atoms with Gasteiger partial charge in [0.05, 0.1) is 11.9 Å². The van der Waals surface area contributed by atoms with Crippen LogP contribution in [0.25, 0.3) is 0 Å². The fraction of sp³-hybridized carbons (Fsp3) is 0.769. The van der Waals surface area contributed by atoms with Gasteiger partial charge in [0.1, 0.15) is 0 Å². The quantitative estimate of drug-likeness (QED) is 0.534. The molecule has 0 bridgehead atoms. The van der Waals surface area contributed by atoms with Crippen LogP contribution in [0.15, 0.2) is 4.34 Å². The smallest absolute Gasteiger partial charge is 0.233 e. The van der Waals surface area contributed by atoms with Crippen molar-refractivity contribution in [1.29, 1.82) is 0 Å². The number of aromatic nitrogens is 2. The molecule has 6 nitrogen and oxygen atoms in total. The van der Waals surface area contributed by atoms with Gasteiger partial charge in [-0.15, -0.1) is 10.2 Å². The number of hydrogen-bond acceptors (Lipinski definition) is 7. The van der Waals surface area contributed by atoms with Crippen molar-refractivity contribution in [3.05, 3.63) is 0 Å². The summed E-state index contributed by atoms with van der Waals surface area (Å²) in [5.74, 6) is 0.0240. The number of hydrogen-bond donors (Lipinski definition) is 2. The van der Waals surface area contributed by atoms with E-state index in [2.05, 4.69) is 27.8 Å². The average Bonchev–Trinajstić information content (AvgIpc) is 2.86. The van der Waals surface area contributed by atoms with E-state index in [4.69, 9.17) is 4.74 Å². The molecule has 0 aliphatic rings. The molecule has 1 aromatic heterocycles. The lowest BCUT2D eigenvalue weighted by Crippen LogP contribution is -2.46. The predicted molar refractivity (Wildman–Crippen MR) is 88.1 cm³/mol. The van der Waals surface area contributed by atoms with Gasteiger partial charge in [0.15, 0.2) is 4.34 Å². The van der Waals surface area contributed by atoms with E-state index in [-0.39, 0.29) is 16.7 Å². The molecule has 1 atom stereocenters. The number of nitrogens with zero attached hydrogens (tertiary/aromatic N) is 2. The van der Waals surface area contributed by atoms with Gasteiger partial charge in [0.2, 0.25) is 11.0 Å². The number of methoxy groups -OCH3 is 1. The van der Waals surface area contributed by atoms with Crippen LogP contribution in [0.3, 0.4) is 0 Å². The molecular weight excluding hydrogens is 308 g/mol. The van der Waals surface area contributed by atoms with Gasteiger partial charge in [-0.2, -0.15) is 0 Å². The maximum Gasteiger partial charge on any atom is 0.233 e. The molecule has 0 aliphatic carbocycles. The highest BCUT2D eigenvalue weighted by molar-refractivity contribution is 8.02. The van der Waals surface area contributed by atoms with Crippen molar-refractivity contribution in [3.63, 3.8) is 0 Å². The van der Waals surface area contributed by atoms with E-state index < -0.39 is 0 Å². The molecule has 0 radical (unpaired) electrons. The van der Waals surface area contributed by atoms with Crippen LogP contribution in [0.4, 0.5) is 5.13 Å². The Kier molecular flexibility index (Phi) is 7.41. The van der Waals surface area contributed by atoms with Crippen LogP contribution < -0.4 is 10.6 Å². The Morgan fingerprint density at radius 1 is 1.48 bits per heavy atom. The summed E-state index contributed by atoms with van der Waals surface area (Å²) in [6.07, 6.45) is 0.891. The minimum atomic E-state index is -0.199. The molecule has 2 N–H and O–H groups in total. The summed E-state index contributed by atoms with van der Waals surface area (Å²) in [7, 11) is 1.65.